The predicted octanol–water partition coefficient (Wildman–Crippen LogP) is 1.43. The topological polar surface area (TPSA) is 63.3 Å². The molecule has 0 aliphatic rings. The quantitative estimate of drug-likeness (QED) is 0.762. The van der Waals surface area contributed by atoms with Crippen molar-refractivity contribution in [3.05, 3.63) is 28.8 Å². The van der Waals surface area contributed by atoms with E-state index in [0.29, 0.717) is 18.6 Å². The van der Waals surface area contributed by atoms with Gasteiger partial charge in [-0.1, -0.05) is 12.1 Å². The van der Waals surface area contributed by atoms with Gasteiger partial charge in [0.1, 0.15) is 5.75 Å². The largest absolute Gasteiger partial charge is 0.507 e. The molecule has 0 heterocycles. The molecule has 1 aromatic carbocycles. The molecule has 1 rings (SSSR count). The summed E-state index contributed by atoms with van der Waals surface area (Å²) >= 11 is 0. The van der Waals surface area contributed by atoms with Crippen LogP contribution in [0.25, 0.3) is 0 Å². The highest BCUT2D eigenvalue weighted by molar-refractivity contribution is 5.74. The Morgan fingerprint density at radius 3 is 2.29 bits per heavy atom. The van der Waals surface area contributed by atoms with Crippen LogP contribution < -0.4 is 5.73 Å². The smallest absolute Gasteiger partial charge is 0.217 e. The molecule has 0 aliphatic heterocycles. The molecule has 14 heavy (non-hydrogen) atoms. The Balaban J connectivity index is 2.84. The van der Waals surface area contributed by atoms with Crippen molar-refractivity contribution >= 4 is 5.91 Å². The fraction of sp³-hybridized carbons (Fsp3) is 0.364. The third-order valence-corrected chi connectivity index (χ3v) is 2.21. The number of carbonyl (C=O) groups excluding carboxylic acids is 1. The van der Waals surface area contributed by atoms with Crippen LogP contribution in [0.5, 0.6) is 5.75 Å². The fourth-order valence-electron chi connectivity index (χ4n) is 1.46. The number of amides is 1. The Morgan fingerprint density at radius 2 is 1.86 bits per heavy atom. The summed E-state index contributed by atoms with van der Waals surface area (Å²) < 4.78 is 0. The molecule has 0 bridgehead atoms. The number of carbonyl (C=O) groups is 1. The van der Waals surface area contributed by atoms with E-state index in [-0.39, 0.29) is 5.91 Å². The number of aromatic hydroxyl groups is 1. The van der Waals surface area contributed by atoms with Crippen molar-refractivity contribution in [2.24, 2.45) is 5.73 Å². The molecule has 0 saturated carbocycles. The summed E-state index contributed by atoms with van der Waals surface area (Å²) in [6.07, 6.45) is 0.987. The number of benzene rings is 1. The molecule has 3 heteroatoms. The zero-order valence-electron chi connectivity index (χ0n) is 8.50. The Kier molecular flexibility index (Phi) is 3.12. The van der Waals surface area contributed by atoms with E-state index in [4.69, 9.17) is 5.73 Å². The standard InChI is InChI=1S/C11H15NO2/c1-7-5-9(3-4-10(12)13)6-8(2)11(7)14/h5-6,14H,3-4H2,1-2H3,(H2,12,13). The first-order chi connectivity index (χ1) is 6.50. The first-order valence-corrected chi connectivity index (χ1v) is 4.58. The number of phenolic OH excluding ortho intramolecular Hbond substituents is 1. The van der Waals surface area contributed by atoms with Gasteiger partial charge < -0.3 is 10.8 Å². The number of hydrogen-bond donors (Lipinski definition) is 2. The minimum absolute atomic E-state index is 0.298. The Hall–Kier alpha value is -1.51. The lowest BCUT2D eigenvalue weighted by Crippen LogP contribution is -2.11. The molecule has 0 fully saturated rings. The normalized spacial score (nSPS) is 10.1. The van der Waals surface area contributed by atoms with E-state index in [2.05, 4.69) is 0 Å². The lowest BCUT2D eigenvalue weighted by Gasteiger charge is -2.06. The summed E-state index contributed by atoms with van der Waals surface area (Å²) in [5.41, 5.74) is 7.77. The van der Waals surface area contributed by atoms with E-state index in [1.807, 2.05) is 26.0 Å². The first-order valence-electron chi connectivity index (χ1n) is 4.58. The van der Waals surface area contributed by atoms with Crippen molar-refractivity contribution in [3.63, 3.8) is 0 Å². The second kappa shape index (κ2) is 4.13. The van der Waals surface area contributed by atoms with Crippen molar-refractivity contribution in [1.82, 2.24) is 0 Å². The predicted molar refractivity (Wildman–Crippen MR) is 55.1 cm³/mol. The van der Waals surface area contributed by atoms with Crippen molar-refractivity contribution in [1.29, 1.82) is 0 Å². The molecule has 0 aromatic heterocycles. The highest BCUT2D eigenvalue weighted by Crippen LogP contribution is 2.23. The van der Waals surface area contributed by atoms with Crippen molar-refractivity contribution < 1.29 is 9.90 Å². The highest BCUT2D eigenvalue weighted by atomic mass is 16.3. The Morgan fingerprint density at radius 1 is 1.36 bits per heavy atom. The molecule has 76 valence electrons. The zero-order valence-corrected chi connectivity index (χ0v) is 8.50. The summed E-state index contributed by atoms with van der Waals surface area (Å²) in [6.45, 7) is 3.69. The molecule has 0 aliphatic carbocycles. The number of hydrogen-bond acceptors (Lipinski definition) is 2. The van der Waals surface area contributed by atoms with E-state index in [1.54, 1.807) is 0 Å². The molecule has 0 unspecified atom stereocenters. The van der Waals surface area contributed by atoms with Gasteiger partial charge in [0, 0.05) is 6.42 Å². The maximum atomic E-state index is 10.6. The number of primary amides is 1. The molecule has 0 spiro atoms. The summed E-state index contributed by atoms with van der Waals surface area (Å²) in [7, 11) is 0. The van der Waals surface area contributed by atoms with Crippen LogP contribution in [0.1, 0.15) is 23.1 Å². The summed E-state index contributed by atoms with van der Waals surface area (Å²) in [4.78, 5) is 10.6. The van der Waals surface area contributed by atoms with E-state index >= 15 is 0 Å². The summed E-state index contributed by atoms with van der Waals surface area (Å²) in [6, 6.07) is 3.76. The SMILES string of the molecule is Cc1cc(CCC(N)=O)cc(C)c1O. The van der Waals surface area contributed by atoms with Crippen LogP contribution in [0.4, 0.5) is 0 Å². The van der Waals surface area contributed by atoms with Gasteiger partial charge in [-0.25, -0.2) is 0 Å². The van der Waals surface area contributed by atoms with Gasteiger partial charge in [-0.2, -0.15) is 0 Å². The van der Waals surface area contributed by atoms with Crippen molar-refractivity contribution in [2.75, 3.05) is 0 Å². The highest BCUT2D eigenvalue weighted by Gasteiger charge is 2.04. The van der Waals surface area contributed by atoms with Gasteiger partial charge in [-0.15, -0.1) is 0 Å². The van der Waals surface area contributed by atoms with Crippen LogP contribution in [-0.4, -0.2) is 11.0 Å². The number of aryl methyl sites for hydroxylation is 3. The van der Waals surface area contributed by atoms with Crippen LogP contribution in [0.2, 0.25) is 0 Å². The maximum Gasteiger partial charge on any atom is 0.217 e. The monoisotopic (exact) mass is 193 g/mol. The molecule has 3 N–H and O–H groups in total. The molecule has 0 saturated heterocycles. The van der Waals surface area contributed by atoms with E-state index in [0.717, 1.165) is 16.7 Å². The molecule has 1 aromatic rings. The van der Waals surface area contributed by atoms with Crippen LogP contribution >= 0.6 is 0 Å². The van der Waals surface area contributed by atoms with Gasteiger partial charge in [0.25, 0.3) is 0 Å². The number of nitrogens with two attached hydrogens (primary N) is 1. The van der Waals surface area contributed by atoms with Crippen LogP contribution in [0.15, 0.2) is 12.1 Å². The van der Waals surface area contributed by atoms with E-state index in [1.165, 1.54) is 0 Å². The van der Waals surface area contributed by atoms with Crippen LogP contribution in [-0.2, 0) is 11.2 Å². The average Bonchev–Trinajstić information content (AvgIpc) is 2.10. The van der Waals surface area contributed by atoms with Gasteiger partial charge >= 0.3 is 0 Å². The maximum absolute atomic E-state index is 10.6. The van der Waals surface area contributed by atoms with Gasteiger partial charge in [0.2, 0.25) is 5.91 Å². The molecule has 0 radical (unpaired) electrons. The minimum atomic E-state index is -0.298. The Bertz CT molecular complexity index is 335. The average molecular weight is 193 g/mol. The first kappa shape index (κ1) is 10.6. The van der Waals surface area contributed by atoms with Crippen LogP contribution in [0, 0.1) is 13.8 Å². The van der Waals surface area contributed by atoms with Crippen molar-refractivity contribution in [3.8, 4) is 5.75 Å². The Labute approximate surface area is 83.6 Å². The van der Waals surface area contributed by atoms with Gasteiger partial charge in [0.05, 0.1) is 0 Å². The van der Waals surface area contributed by atoms with E-state index < -0.39 is 0 Å². The lowest BCUT2D eigenvalue weighted by atomic mass is 10.0. The molecule has 1 amide bonds. The van der Waals surface area contributed by atoms with E-state index in [9.17, 15) is 9.90 Å². The second-order valence-corrected chi connectivity index (χ2v) is 3.54. The van der Waals surface area contributed by atoms with Gasteiger partial charge in [-0.05, 0) is 37.0 Å². The van der Waals surface area contributed by atoms with Gasteiger partial charge in [-0.3, -0.25) is 4.79 Å². The second-order valence-electron chi connectivity index (χ2n) is 3.54. The number of phenols is 1. The fourth-order valence-corrected chi connectivity index (χ4v) is 1.46. The minimum Gasteiger partial charge on any atom is -0.507 e. The third-order valence-electron chi connectivity index (χ3n) is 2.21. The summed E-state index contributed by atoms with van der Waals surface area (Å²) in [5, 5.41) is 9.52. The van der Waals surface area contributed by atoms with Crippen LogP contribution in [0.3, 0.4) is 0 Å². The molecular weight excluding hydrogens is 178 g/mol. The van der Waals surface area contributed by atoms with Crippen molar-refractivity contribution in [2.45, 2.75) is 26.7 Å². The zero-order chi connectivity index (χ0) is 10.7. The molecular formula is C11H15NO2. The van der Waals surface area contributed by atoms with Gasteiger partial charge in [0.15, 0.2) is 0 Å². The third kappa shape index (κ3) is 2.49. The lowest BCUT2D eigenvalue weighted by molar-refractivity contribution is -0.117. The molecule has 3 nitrogen and oxygen atoms in total. The summed E-state index contributed by atoms with van der Waals surface area (Å²) in [5.74, 6) is 0.0289. The number of rotatable bonds is 3. The molecule has 0 atom stereocenters.